The quantitative estimate of drug-likeness (QED) is 0.502. The van der Waals surface area contributed by atoms with Gasteiger partial charge in [-0.15, -0.1) is 0 Å². The van der Waals surface area contributed by atoms with E-state index in [0.717, 1.165) is 21.5 Å². The Morgan fingerprint density at radius 2 is 1.79 bits per heavy atom. The summed E-state index contributed by atoms with van der Waals surface area (Å²) >= 11 is 0. The number of esters is 1. The number of anilines is 1. The van der Waals surface area contributed by atoms with Crippen LogP contribution in [0.2, 0.25) is 0 Å². The van der Waals surface area contributed by atoms with Crippen molar-refractivity contribution in [2.24, 2.45) is 0 Å². The number of benzene rings is 2. The molecule has 8 nitrogen and oxygen atoms in total. The number of hydrogen-bond donors (Lipinski definition) is 1. The molecule has 0 aliphatic carbocycles. The first-order valence-corrected chi connectivity index (χ1v) is 10.7. The molecule has 0 radical (unpaired) electrons. The number of aryl methyl sites for hydroxylation is 1. The van der Waals surface area contributed by atoms with Gasteiger partial charge in [0.25, 0.3) is 11.5 Å². The molecule has 0 aliphatic rings. The van der Waals surface area contributed by atoms with Gasteiger partial charge < -0.3 is 14.8 Å². The van der Waals surface area contributed by atoms with Gasteiger partial charge in [0.05, 0.1) is 6.54 Å². The second-order valence-electron chi connectivity index (χ2n) is 7.76. The Balaban J connectivity index is 1.58. The Kier molecular flexibility index (Phi) is 7.96. The summed E-state index contributed by atoms with van der Waals surface area (Å²) in [5, 5.41) is 6.86. The van der Waals surface area contributed by atoms with Crippen molar-refractivity contribution in [1.82, 2.24) is 9.78 Å². The van der Waals surface area contributed by atoms with Gasteiger partial charge in [-0.25, -0.2) is 9.48 Å². The van der Waals surface area contributed by atoms with E-state index in [2.05, 4.69) is 10.4 Å². The minimum atomic E-state index is -0.795. The second kappa shape index (κ2) is 11.1. The molecule has 0 aliphatic heterocycles. The monoisotopic (exact) mass is 449 g/mol. The normalized spacial score (nSPS) is 10.7. The largest absolute Gasteiger partial charge is 0.492 e. The summed E-state index contributed by atoms with van der Waals surface area (Å²) in [6, 6.07) is 17.5. The molecule has 3 rings (SSSR count). The summed E-state index contributed by atoms with van der Waals surface area (Å²) in [4.78, 5) is 36.8. The molecule has 172 valence electrons. The van der Waals surface area contributed by atoms with Crippen LogP contribution in [-0.2, 0) is 16.1 Å². The molecule has 0 unspecified atom stereocenters. The van der Waals surface area contributed by atoms with Gasteiger partial charge in [0.1, 0.15) is 12.4 Å². The zero-order valence-electron chi connectivity index (χ0n) is 18.9. The summed E-state index contributed by atoms with van der Waals surface area (Å²) < 4.78 is 11.8. The molecule has 1 amide bonds. The molecule has 2 aromatic carbocycles. The van der Waals surface area contributed by atoms with Crippen LogP contribution in [0.1, 0.15) is 41.4 Å². The Labute approximate surface area is 192 Å². The van der Waals surface area contributed by atoms with Crippen LogP contribution in [0.3, 0.4) is 0 Å². The molecule has 1 aromatic heterocycles. The number of para-hydroxylation sites is 2. The highest BCUT2D eigenvalue weighted by Gasteiger charge is 2.16. The zero-order chi connectivity index (χ0) is 23.8. The molecule has 8 heteroatoms. The smallest absolute Gasteiger partial charge is 0.359 e. The van der Waals surface area contributed by atoms with E-state index in [0.29, 0.717) is 5.75 Å². The fourth-order valence-corrected chi connectivity index (χ4v) is 3.21. The molecule has 0 spiro atoms. The molecule has 3 aromatic rings. The van der Waals surface area contributed by atoms with Crippen LogP contribution < -0.4 is 15.6 Å². The third kappa shape index (κ3) is 6.52. The van der Waals surface area contributed by atoms with Gasteiger partial charge in [-0.2, -0.15) is 5.10 Å². The summed E-state index contributed by atoms with van der Waals surface area (Å²) in [6.45, 7) is 5.86. The van der Waals surface area contributed by atoms with Crippen LogP contribution >= 0.6 is 0 Å². The maximum absolute atomic E-state index is 12.4. The first kappa shape index (κ1) is 23.7. The number of carbonyl (C=O) groups is 2. The minimum Gasteiger partial charge on any atom is -0.492 e. The molecule has 1 heterocycles. The molecule has 33 heavy (non-hydrogen) atoms. The average Bonchev–Trinajstić information content (AvgIpc) is 2.80. The van der Waals surface area contributed by atoms with Crippen molar-refractivity contribution in [3.63, 3.8) is 0 Å². The number of ether oxygens (including phenoxy) is 2. The highest BCUT2D eigenvalue weighted by atomic mass is 16.5. The van der Waals surface area contributed by atoms with Gasteiger partial charge >= 0.3 is 5.97 Å². The lowest BCUT2D eigenvalue weighted by atomic mass is 9.98. The van der Waals surface area contributed by atoms with Gasteiger partial charge in [-0.3, -0.25) is 9.59 Å². The molecule has 0 atom stereocenters. The van der Waals surface area contributed by atoms with Crippen LogP contribution in [0.15, 0.2) is 65.5 Å². The number of amides is 1. The lowest BCUT2D eigenvalue weighted by molar-refractivity contribution is -0.119. The molecule has 0 saturated carbocycles. The van der Waals surface area contributed by atoms with E-state index >= 15 is 0 Å². The maximum atomic E-state index is 12.4. The van der Waals surface area contributed by atoms with Crippen molar-refractivity contribution in [2.45, 2.75) is 33.2 Å². The molecule has 1 N–H and O–H groups in total. The molecular weight excluding hydrogens is 422 g/mol. The summed E-state index contributed by atoms with van der Waals surface area (Å²) in [6.07, 6.45) is 0. The van der Waals surface area contributed by atoms with Crippen molar-refractivity contribution in [3.8, 4) is 5.75 Å². The second-order valence-corrected chi connectivity index (χ2v) is 7.76. The van der Waals surface area contributed by atoms with Gasteiger partial charge in [-0.05, 0) is 42.2 Å². The van der Waals surface area contributed by atoms with E-state index < -0.39 is 18.5 Å². The van der Waals surface area contributed by atoms with Crippen LogP contribution in [-0.4, -0.2) is 34.9 Å². The first-order valence-electron chi connectivity index (χ1n) is 10.7. The SMILES string of the molecule is Cc1cccc(C(C)C)c1NC(=O)COC(=O)c1ccc(=O)n(CCOc2ccccc2)n1. The number of aromatic nitrogens is 2. The third-order valence-corrected chi connectivity index (χ3v) is 4.92. The Bertz CT molecular complexity index is 1170. The number of nitrogens with zero attached hydrogens (tertiary/aromatic N) is 2. The maximum Gasteiger partial charge on any atom is 0.359 e. The van der Waals surface area contributed by atoms with Gasteiger partial charge in [0.15, 0.2) is 12.3 Å². The minimum absolute atomic E-state index is 0.0686. The van der Waals surface area contributed by atoms with Gasteiger partial charge in [0, 0.05) is 11.8 Å². The van der Waals surface area contributed by atoms with Crippen molar-refractivity contribution < 1.29 is 19.1 Å². The van der Waals surface area contributed by atoms with Crippen LogP contribution in [0.4, 0.5) is 5.69 Å². The van der Waals surface area contributed by atoms with Crippen molar-refractivity contribution in [3.05, 3.63) is 87.8 Å². The number of carbonyl (C=O) groups excluding carboxylic acids is 2. The van der Waals surface area contributed by atoms with Crippen molar-refractivity contribution in [1.29, 1.82) is 0 Å². The standard InChI is InChI=1S/C25H27N3O5/c1-17(2)20-11-7-8-18(3)24(20)26-22(29)16-33-25(31)21-12-13-23(30)28(27-21)14-15-32-19-9-5-4-6-10-19/h4-13,17H,14-16H2,1-3H3,(H,26,29). The number of nitrogens with one attached hydrogen (secondary N) is 1. The summed E-state index contributed by atoms with van der Waals surface area (Å²) in [7, 11) is 0. The summed E-state index contributed by atoms with van der Waals surface area (Å²) in [5.74, 6) is -0.360. The molecule has 0 fully saturated rings. The predicted molar refractivity (Wildman–Crippen MR) is 125 cm³/mol. The fraction of sp³-hybridized carbons (Fsp3) is 0.280. The van der Waals surface area contributed by atoms with E-state index in [4.69, 9.17) is 9.47 Å². The molecule has 0 saturated heterocycles. The highest BCUT2D eigenvalue weighted by molar-refractivity contribution is 5.95. The average molecular weight is 450 g/mol. The number of rotatable bonds is 9. The third-order valence-electron chi connectivity index (χ3n) is 4.92. The van der Waals surface area contributed by atoms with Crippen molar-refractivity contribution in [2.75, 3.05) is 18.5 Å². The zero-order valence-corrected chi connectivity index (χ0v) is 18.9. The van der Waals surface area contributed by atoms with E-state index in [1.807, 2.05) is 57.2 Å². The van der Waals surface area contributed by atoms with Gasteiger partial charge in [-0.1, -0.05) is 50.2 Å². The Hall–Kier alpha value is -3.94. The number of hydrogen-bond acceptors (Lipinski definition) is 6. The Morgan fingerprint density at radius 1 is 1.03 bits per heavy atom. The van der Waals surface area contributed by atoms with Gasteiger partial charge in [0.2, 0.25) is 0 Å². The molecular formula is C25H27N3O5. The van der Waals surface area contributed by atoms with E-state index in [-0.39, 0.29) is 30.3 Å². The van der Waals surface area contributed by atoms with E-state index in [9.17, 15) is 14.4 Å². The van der Waals surface area contributed by atoms with E-state index in [1.165, 1.54) is 12.1 Å². The van der Waals surface area contributed by atoms with Crippen molar-refractivity contribution >= 4 is 17.6 Å². The highest BCUT2D eigenvalue weighted by Crippen LogP contribution is 2.27. The topological polar surface area (TPSA) is 99.5 Å². The lowest BCUT2D eigenvalue weighted by Crippen LogP contribution is -2.28. The fourth-order valence-electron chi connectivity index (χ4n) is 3.21. The molecule has 0 bridgehead atoms. The predicted octanol–water partition coefficient (Wildman–Crippen LogP) is 3.55. The van der Waals surface area contributed by atoms with Crippen LogP contribution in [0.25, 0.3) is 0 Å². The summed E-state index contributed by atoms with van der Waals surface area (Å²) in [5.41, 5.74) is 2.20. The van der Waals surface area contributed by atoms with Crippen LogP contribution in [0, 0.1) is 6.92 Å². The Morgan fingerprint density at radius 3 is 2.52 bits per heavy atom. The lowest BCUT2D eigenvalue weighted by Gasteiger charge is -2.16. The van der Waals surface area contributed by atoms with E-state index in [1.54, 1.807) is 12.1 Å². The first-order chi connectivity index (χ1) is 15.8. The van der Waals surface area contributed by atoms with Crippen LogP contribution in [0.5, 0.6) is 5.75 Å².